The van der Waals surface area contributed by atoms with Crippen LogP contribution in [0.25, 0.3) is 11.3 Å². The number of carbonyl (C=O) groups excluding carboxylic acids is 1. The predicted molar refractivity (Wildman–Crippen MR) is 166 cm³/mol. The second kappa shape index (κ2) is 14.1. The van der Waals surface area contributed by atoms with Crippen LogP contribution in [0.1, 0.15) is 16.7 Å². The zero-order valence-electron chi connectivity index (χ0n) is 24.0. The Morgan fingerprint density at radius 3 is 2.56 bits per heavy atom. The fourth-order valence-corrected chi connectivity index (χ4v) is 6.08. The molecule has 4 aromatic rings. The minimum absolute atomic E-state index is 0.148. The molecule has 1 N–H and O–H groups in total. The lowest BCUT2D eigenvalue weighted by Crippen LogP contribution is -2.36. The minimum Gasteiger partial charge on any atom is -0.491 e. The maximum absolute atomic E-state index is 13.3. The first-order chi connectivity index (χ1) is 21.1. The van der Waals surface area contributed by atoms with Gasteiger partial charge in [-0.05, 0) is 53.6 Å². The first-order valence-corrected chi connectivity index (χ1v) is 15.4. The van der Waals surface area contributed by atoms with E-state index in [2.05, 4.69) is 62.6 Å². The summed E-state index contributed by atoms with van der Waals surface area (Å²) in [5.41, 5.74) is 6.13. The quantitative estimate of drug-likeness (QED) is 0.336. The van der Waals surface area contributed by atoms with Gasteiger partial charge in [-0.1, -0.05) is 24.3 Å². The lowest BCUT2D eigenvalue weighted by atomic mass is 10.0. The summed E-state index contributed by atoms with van der Waals surface area (Å²) in [6.07, 6.45) is 0.739. The number of fused-ring (bicyclic) bond motifs is 3. The highest BCUT2D eigenvalue weighted by Gasteiger charge is 2.17. The first kappa shape index (κ1) is 29.3. The average molecular weight is 603 g/mol. The maximum Gasteiger partial charge on any atom is 0.240 e. The number of hydrogen-bond donors (Lipinski definition) is 1. The molecule has 1 amide bonds. The first-order valence-electron chi connectivity index (χ1n) is 14.6. The SMILES string of the molecule is O=C(CN1CCOCCOc2ccc(N3CCOCC3)cc2Cc2cccc(c2)C1)Nc1nc(-c2ccc(F)cc2)cs1. The molecule has 3 heterocycles. The molecule has 0 atom stereocenters. The zero-order chi connectivity index (χ0) is 29.4. The average Bonchev–Trinajstić information content (AvgIpc) is 3.48. The largest absolute Gasteiger partial charge is 0.491 e. The molecule has 0 saturated carbocycles. The lowest BCUT2D eigenvalue weighted by molar-refractivity contribution is -0.117. The van der Waals surface area contributed by atoms with Crippen LogP contribution in [0.15, 0.2) is 72.1 Å². The van der Waals surface area contributed by atoms with Gasteiger partial charge in [-0.15, -0.1) is 11.3 Å². The second-order valence-corrected chi connectivity index (χ2v) is 11.5. The van der Waals surface area contributed by atoms with Gasteiger partial charge >= 0.3 is 0 Å². The third-order valence-corrected chi connectivity index (χ3v) is 8.26. The molecule has 1 saturated heterocycles. The van der Waals surface area contributed by atoms with E-state index in [0.717, 1.165) is 55.2 Å². The van der Waals surface area contributed by atoms with Crippen LogP contribution in [0.4, 0.5) is 15.2 Å². The summed E-state index contributed by atoms with van der Waals surface area (Å²) in [4.78, 5) is 22.0. The van der Waals surface area contributed by atoms with Crippen LogP contribution in [-0.2, 0) is 27.2 Å². The van der Waals surface area contributed by atoms with Gasteiger partial charge in [0.25, 0.3) is 0 Å². The van der Waals surface area contributed by atoms with Crippen molar-refractivity contribution in [3.63, 3.8) is 0 Å². The molecule has 0 spiro atoms. The number of amides is 1. The molecular formula is C33H35FN4O4S. The number of morpholine rings is 1. The van der Waals surface area contributed by atoms with Gasteiger partial charge in [-0.2, -0.15) is 0 Å². The molecule has 6 rings (SSSR count). The summed E-state index contributed by atoms with van der Waals surface area (Å²) in [5.74, 6) is 0.436. The second-order valence-electron chi connectivity index (χ2n) is 10.7. The molecule has 2 aliphatic rings. The molecule has 8 nitrogen and oxygen atoms in total. The Morgan fingerprint density at radius 1 is 0.907 bits per heavy atom. The highest BCUT2D eigenvalue weighted by Crippen LogP contribution is 2.29. The van der Waals surface area contributed by atoms with Gasteiger partial charge < -0.3 is 24.4 Å². The molecule has 2 bridgehead atoms. The van der Waals surface area contributed by atoms with Crippen LogP contribution >= 0.6 is 11.3 Å². The highest BCUT2D eigenvalue weighted by atomic mass is 32.1. The molecule has 224 valence electrons. The van der Waals surface area contributed by atoms with Gasteiger partial charge in [0.2, 0.25) is 5.91 Å². The standard InChI is InChI=1S/C33H35FN4O4S/c34-28-6-4-26(5-7-28)30-23-43-33(35-30)36-32(39)22-37-10-13-41-16-17-42-31-9-8-29(38-11-14-40-15-12-38)20-27(31)19-24-2-1-3-25(18-24)21-37/h1-9,18,20,23H,10-17,19,21-22H2,(H,35,36,39). The Balaban J connectivity index is 1.14. The number of thiazole rings is 1. The Hall–Kier alpha value is -3.83. The summed E-state index contributed by atoms with van der Waals surface area (Å²) >= 11 is 1.35. The number of halogens is 1. The van der Waals surface area contributed by atoms with Gasteiger partial charge in [0.1, 0.15) is 18.2 Å². The Labute approximate surface area is 255 Å². The van der Waals surface area contributed by atoms with Crippen molar-refractivity contribution in [2.45, 2.75) is 13.0 Å². The number of rotatable bonds is 5. The Morgan fingerprint density at radius 2 is 1.70 bits per heavy atom. The van der Waals surface area contributed by atoms with Crippen molar-refractivity contribution in [2.75, 3.05) is 69.4 Å². The van der Waals surface area contributed by atoms with Crippen LogP contribution in [0.3, 0.4) is 0 Å². The number of hydrogen-bond acceptors (Lipinski definition) is 8. The topological polar surface area (TPSA) is 76.2 Å². The van der Waals surface area contributed by atoms with Crippen molar-refractivity contribution in [3.8, 4) is 17.0 Å². The molecule has 10 heteroatoms. The molecule has 0 aliphatic carbocycles. The van der Waals surface area contributed by atoms with Gasteiger partial charge in [-0.3, -0.25) is 9.69 Å². The molecule has 1 fully saturated rings. The Bertz CT molecular complexity index is 1520. The van der Waals surface area contributed by atoms with Crippen LogP contribution in [-0.4, -0.2) is 75.0 Å². The zero-order valence-corrected chi connectivity index (χ0v) is 24.8. The molecule has 0 unspecified atom stereocenters. The summed E-state index contributed by atoms with van der Waals surface area (Å²) in [6.45, 7) is 6.02. The molecule has 43 heavy (non-hydrogen) atoms. The van der Waals surface area contributed by atoms with Crippen molar-refractivity contribution >= 4 is 28.1 Å². The van der Waals surface area contributed by atoms with E-state index < -0.39 is 0 Å². The smallest absolute Gasteiger partial charge is 0.240 e. The summed E-state index contributed by atoms with van der Waals surface area (Å²) in [5, 5.41) is 5.29. The molecule has 0 radical (unpaired) electrons. The van der Waals surface area contributed by atoms with Crippen molar-refractivity contribution in [3.05, 3.63) is 94.6 Å². The van der Waals surface area contributed by atoms with E-state index in [0.29, 0.717) is 43.7 Å². The monoisotopic (exact) mass is 602 g/mol. The predicted octanol–water partition coefficient (Wildman–Crippen LogP) is 5.23. The Kier molecular flexibility index (Phi) is 9.59. The van der Waals surface area contributed by atoms with Crippen molar-refractivity contribution < 1.29 is 23.4 Å². The van der Waals surface area contributed by atoms with Crippen LogP contribution in [0.2, 0.25) is 0 Å². The van der Waals surface area contributed by atoms with E-state index in [9.17, 15) is 9.18 Å². The number of anilines is 2. The van der Waals surface area contributed by atoms with E-state index in [4.69, 9.17) is 14.2 Å². The summed E-state index contributed by atoms with van der Waals surface area (Å²) < 4.78 is 30.9. The third kappa shape index (κ3) is 7.97. The number of benzene rings is 3. The maximum atomic E-state index is 13.3. The lowest BCUT2D eigenvalue weighted by Gasteiger charge is -2.29. The van der Waals surface area contributed by atoms with Gasteiger partial charge in [0.15, 0.2) is 5.13 Å². The van der Waals surface area contributed by atoms with E-state index in [1.807, 2.05) is 5.38 Å². The number of nitrogens with one attached hydrogen (secondary N) is 1. The van der Waals surface area contributed by atoms with Crippen LogP contribution < -0.4 is 15.0 Å². The normalized spacial score (nSPS) is 16.5. The highest BCUT2D eigenvalue weighted by molar-refractivity contribution is 7.14. The number of aromatic nitrogens is 1. The van der Waals surface area contributed by atoms with Gasteiger partial charge in [0.05, 0.1) is 38.7 Å². The van der Waals surface area contributed by atoms with Gasteiger partial charge in [0, 0.05) is 54.8 Å². The summed E-state index contributed by atoms with van der Waals surface area (Å²) in [6, 6.07) is 21.1. The molecular weight excluding hydrogens is 567 g/mol. The van der Waals surface area contributed by atoms with E-state index >= 15 is 0 Å². The van der Waals surface area contributed by atoms with E-state index in [1.165, 1.54) is 34.7 Å². The third-order valence-electron chi connectivity index (χ3n) is 7.51. The summed E-state index contributed by atoms with van der Waals surface area (Å²) in [7, 11) is 0. The van der Waals surface area contributed by atoms with Crippen LogP contribution in [0.5, 0.6) is 5.75 Å². The van der Waals surface area contributed by atoms with Crippen molar-refractivity contribution in [1.29, 1.82) is 0 Å². The number of nitrogens with zero attached hydrogens (tertiary/aromatic N) is 3. The van der Waals surface area contributed by atoms with Gasteiger partial charge in [-0.25, -0.2) is 9.37 Å². The van der Waals surface area contributed by atoms with Crippen LogP contribution in [0, 0.1) is 5.82 Å². The fraction of sp³-hybridized carbons (Fsp3) is 0.333. The fourth-order valence-electron chi connectivity index (χ4n) is 5.35. The molecule has 3 aromatic carbocycles. The van der Waals surface area contributed by atoms with Crippen molar-refractivity contribution in [1.82, 2.24) is 9.88 Å². The minimum atomic E-state index is -0.297. The van der Waals surface area contributed by atoms with E-state index in [-0.39, 0.29) is 18.3 Å². The van der Waals surface area contributed by atoms with E-state index in [1.54, 1.807) is 12.1 Å². The number of carbonyl (C=O) groups is 1. The molecule has 1 aromatic heterocycles. The van der Waals surface area contributed by atoms with Crippen molar-refractivity contribution in [2.24, 2.45) is 0 Å². The molecule has 2 aliphatic heterocycles. The number of ether oxygens (including phenoxy) is 3.